The van der Waals surface area contributed by atoms with E-state index in [2.05, 4.69) is 15.6 Å². The number of nitrogens with two attached hydrogens (primary N) is 1. The zero-order chi connectivity index (χ0) is 33.8. The summed E-state index contributed by atoms with van der Waals surface area (Å²) in [4.78, 5) is 47.1. The zero-order valence-corrected chi connectivity index (χ0v) is 26.3. The highest BCUT2D eigenvalue weighted by Gasteiger charge is 2.56. The molecule has 5 aromatic rings. The molecule has 4 N–H and O–H groups in total. The van der Waals surface area contributed by atoms with Gasteiger partial charge in [-0.05, 0) is 67.4 Å². The third-order valence-electron chi connectivity index (χ3n) is 7.64. The number of nitrogens with zero attached hydrogens (tertiary/aromatic N) is 2. The van der Waals surface area contributed by atoms with Gasteiger partial charge in [-0.1, -0.05) is 6.07 Å². The molecule has 1 atom stereocenters. The highest BCUT2D eigenvalue weighted by molar-refractivity contribution is 7.22. The van der Waals surface area contributed by atoms with Crippen molar-refractivity contribution < 1.29 is 37.4 Å². The number of hydrogen-bond acceptors (Lipinski definition) is 9. The number of nitrogens with one attached hydrogen (secondary N) is 2. The number of halogens is 2. The Balaban J connectivity index is 1.15. The highest BCUT2D eigenvalue weighted by Crippen LogP contribution is 2.48. The number of pyridine rings is 2. The van der Waals surface area contributed by atoms with Crippen LogP contribution in [-0.2, 0) is 25.5 Å². The first-order valence-corrected chi connectivity index (χ1v) is 15.6. The van der Waals surface area contributed by atoms with Crippen molar-refractivity contribution in [2.45, 2.75) is 25.4 Å². The van der Waals surface area contributed by atoms with E-state index in [-0.39, 0.29) is 18.0 Å². The number of carbonyl (C=O) groups excluding carboxylic acids is 3. The molecule has 1 aliphatic carbocycles. The van der Waals surface area contributed by atoms with Gasteiger partial charge in [-0.2, -0.15) is 0 Å². The molecule has 246 valence electrons. The Morgan fingerprint density at radius 2 is 1.69 bits per heavy atom. The van der Waals surface area contributed by atoms with Crippen LogP contribution in [0, 0.1) is 17.0 Å². The van der Waals surface area contributed by atoms with Crippen molar-refractivity contribution in [3.05, 3.63) is 96.3 Å². The zero-order valence-electron chi connectivity index (χ0n) is 25.5. The second-order valence-corrected chi connectivity index (χ2v) is 12.2. The van der Waals surface area contributed by atoms with Gasteiger partial charge in [-0.25, -0.2) is 13.6 Å². The van der Waals surface area contributed by atoms with E-state index in [4.69, 9.17) is 24.9 Å². The summed E-state index contributed by atoms with van der Waals surface area (Å²) in [5.74, 6) is -1.97. The van der Waals surface area contributed by atoms with Crippen LogP contribution < -0.4 is 21.1 Å². The minimum atomic E-state index is -1.29. The van der Waals surface area contributed by atoms with E-state index < -0.39 is 41.1 Å². The monoisotopic (exact) mass is 673 g/mol. The van der Waals surface area contributed by atoms with E-state index in [9.17, 15) is 18.8 Å². The molecule has 0 spiro atoms. The van der Waals surface area contributed by atoms with E-state index in [0.717, 1.165) is 10.9 Å². The Morgan fingerprint density at radius 1 is 0.958 bits per heavy atom. The molecule has 0 saturated heterocycles. The number of anilines is 2. The van der Waals surface area contributed by atoms with Crippen LogP contribution in [0.5, 0.6) is 11.5 Å². The van der Waals surface area contributed by atoms with Crippen LogP contribution in [0.4, 0.5) is 25.0 Å². The van der Waals surface area contributed by atoms with Crippen LogP contribution >= 0.6 is 11.3 Å². The summed E-state index contributed by atoms with van der Waals surface area (Å²) in [5.41, 5.74) is 6.34. The molecule has 3 amide bonds. The largest absolute Gasteiger partial charge is 0.453 e. The summed E-state index contributed by atoms with van der Waals surface area (Å²) < 4.78 is 45.3. The molecule has 14 heteroatoms. The Labute approximate surface area is 277 Å². The fourth-order valence-electron chi connectivity index (χ4n) is 5.07. The van der Waals surface area contributed by atoms with E-state index in [1.54, 1.807) is 18.3 Å². The average Bonchev–Trinajstić information content (AvgIpc) is 3.76. The number of rotatable bonds is 12. The van der Waals surface area contributed by atoms with Gasteiger partial charge in [0, 0.05) is 48.9 Å². The van der Waals surface area contributed by atoms with Gasteiger partial charge >= 0.3 is 6.09 Å². The quantitative estimate of drug-likeness (QED) is 0.128. The van der Waals surface area contributed by atoms with Crippen molar-refractivity contribution in [2.75, 3.05) is 24.4 Å². The Hall–Kier alpha value is -5.47. The smallest absolute Gasteiger partial charge is 0.404 e. The second-order valence-electron chi connectivity index (χ2n) is 11.1. The van der Waals surface area contributed by atoms with E-state index >= 15 is 4.39 Å². The molecule has 1 unspecified atom stereocenters. The van der Waals surface area contributed by atoms with E-state index in [0.29, 0.717) is 52.3 Å². The molecule has 0 radical (unpaired) electrons. The minimum absolute atomic E-state index is 0.0793. The number of primary amides is 1. The summed E-state index contributed by atoms with van der Waals surface area (Å²) in [7, 11) is 1.49. The highest BCUT2D eigenvalue weighted by atomic mass is 32.1. The SMILES string of the molecule is COCC(Cc1cccc(-c2cc3nccc(Oc4ccc(NC(=O)C5(C(=O)Nc6ccc(F)cc6)CC5)cc4F)c3s2)n1)OC(N)=O. The molecule has 6 rings (SSSR count). The summed E-state index contributed by atoms with van der Waals surface area (Å²) in [6, 6.07) is 18.2. The topological polar surface area (TPSA) is 155 Å². The average molecular weight is 674 g/mol. The fourth-order valence-corrected chi connectivity index (χ4v) is 6.10. The van der Waals surface area contributed by atoms with Crippen LogP contribution in [0.3, 0.4) is 0 Å². The molecule has 1 aliphatic rings. The maximum Gasteiger partial charge on any atom is 0.404 e. The lowest BCUT2D eigenvalue weighted by Gasteiger charge is -2.16. The third kappa shape index (κ3) is 7.24. The van der Waals surface area contributed by atoms with Gasteiger partial charge in [0.15, 0.2) is 11.6 Å². The minimum Gasteiger partial charge on any atom is -0.453 e. The Morgan fingerprint density at radius 3 is 2.38 bits per heavy atom. The maximum absolute atomic E-state index is 15.3. The van der Waals surface area contributed by atoms with Crippen LogP contribution in [0.2, 0.25) is 0 Å². The first-order valence-electron chi connectivity index (χ1n) is 14.8. The van der Waals surface area contributed by atoms with Crippen molar-refractivity contribution in [1.29, 1.82) is 0 Å². The van der Waals surface area contributed by atoms with Gasteiger partial charge in [-0.3, -0.25) is 19.6 Å². The number of aromatic nitrogens is 2. The molecule has 1 saturated carbocycles. The van der Waals surface area contributed by atoms with Crippen molar-refractivity contribution >= 4 is 50.8 Å². The lowest BCUT2D eigenvalue weighted by Crippen LogP contribution is -2.35. The van der Waals surface area contributed by atoms with Crippen LogP contribution in [0.1, 0.15) is 18.5 Å². The number of ether oxygens (including phenoxy) is 3. The number of carbonyl (C=O) groups is 3. The fraction of sp³-hybridized carbons (Fsp3) is 0.206. The number of thiophene rings is 1. The van der Waals surface area contributed by atoms with Gasteiger partial charge in [0.25, 0.3) is 0 Å². The van der Waals surface area contributed by atoms with Gasteiger partial charge < -0.3 is 30.6 Å². The number of fused-ring (bicyclic) bond motifs is 1. The van der Waals surface area contributed by atoms with Crippen LogP contribution in [-0.4, -0.2) is 47.7 Å². The standard InChI is InChI=1S/C34H29F2N5O6S/c1-45-18-23(46-33(37)44)15-21-3-2-4-25(39-21)29-17-26-30(48-29)28(11-14-38-26)47-27-10-9-22(16-24(27)36)41-32(43)34(12-13-34)31(42)40-20-7-5-19(35)6-8-20/h2-11,14,16-17,23H,12-13,15,18H2,1H3,(H2,37,44)(H,40,42)(H,41,43). The number of benzene rings is 2. The molecule has 0 aliphatic heterocycles. The lowest BCUT2D eigenvalue weighted by atomic mass is 10.0. The number of hydrogen-bond donors (Lipinski definition) is 3. The molecule has 3 aromatic heterocycles. The van der Waals surface area contributed by atoms with Crippen molar-refractivity contribution in [1.82, 2.24) is 9.97 Å². The Kier molecular flexibility index (Phi) is 9.28. The predicted molar refractivity (Wildman–Crippen MR) is 175 cm³/mol. The summed E-state index contributed by atoms with van der Waals surface area (Å²) in [6.07, 6.45) is 0.997. The summed E-state index contributed by atoms with van der Waals surface area (Å²) in [5, 5.41) is 5.27. The predicted octanol–water partition coefficient (Wildman–Crippen LogP) is 6.44. The number of methoxy groups -OCH3 is 1. The van der Waals surface area contributed by atoms with Crippen LogP contribution in [0.15, 0.2) is 79.0 Å². The Bertz CT molecular complexity index is 2000. The van der Waals surface area contributed by atoms with E-state index in [1.165, 1.54) is 54.8 Å². The normalized spacial score (nSPS) is 13.8. The molecule has 1 fully saturated rings. The first kappa shape index (κ1) is 32.5. The molecular formula is C34H29F2N5O6S. The second kappa shape index (κ2) is 13.7. The first-order chi connectivity index (χ1) is 23.1. The lowest BCUT2D eigenvalue weighted by molar-refractivity contribution is -0.131. The van der Waals surface area contributed by atoms with E-state index in [1.807, 2.05) is 18.2 Å². The van der Waals surface area contributed by atoms with Gasteiger partial charge in [-0.15, -0.1) is 11.3 Å². The third-order valence-corrected chi connectivity index (χ3v) is 8.80. The van der Waals surface area contributed by atoms with Gasteiger partial charge in [0.1, 0.15) is 23.1 Å². The molecule has 2 aromatic carbocycles. The van der Waals surface area contributed by atoms with Crippen LogP contribution in [0.25, 0.3) is 20.8 Å². The van der Waals surface area contributed by atoms with Crippen molar-refractivity contribution in [2.24, 2.45) is 11.1 Å². The van der Waals surface area contributed by atoms with Gasteiger partial charge in [0.2, 0.25) is 11.8 Å². The van der Waals surface area contributed by atoms with Crippen molar-refractivity contribution in [3.63, 3.8) is 0 Å². The molecule has 48 heavy (non-hydrogen) atoms. The summed E-state index contributed by atoms with van der Waals surface area (Å²) in [6.45, 7) is 0.156. The maximum atomic E-state index is 15.3. The molecule has 0 bridgehead atoms. The van der Waals surface area contributed by atoms with Crippen molar-refractivity contribution in [3.8, 4) is 22.1 Å². The van der Waals surface area contributed by atoms with Gasteiger partial charge in [0.05, 0.1) is 27.4 Å². The molecule has 11 nitrogen and oxygen atoms in total. The molecule has 3 heterocycles. The molecular weight excluding hydrogens is 644 g/mol. The summed E-state index contributed by atoms with van der Waals surface area (Å²) >= 11 is 1.36. The number of amides is 3.